The van der Waals surface area contributed by atoms with Gasteiger partial charge >= 0.3 is 0 Å². The summed E-state index contributed by atoms with van der Waals surface area (Å²) in [6.45, 7) is 5.76. The maximum absolute atomic E-state index is 10.5. The molecule has 2 N–H and O–H groups in total. The molecule has 0 amide bonds. The van der Waals surface area contributed by atoms with Crippen LogP contribution in [0.5, 0.6) is 11.5 Å². The van der Waals surface area contributed by atoms with Gasteiger partial charge in [0.25, 0.3) is 0 Å². The van der Waals surface area contributed by atoms with E-state index in [1.807, 2.05) is 30.7 Å². The second-order valence-corrected chi connectivity index (χ2v) is 8.35. The number of aromatic nitrogens is 2. The van der Waals surface area contributed by atoms with Crippen molar-refractivity contribution in [3.63, 3.8) is 0 Å². The van der Waals surface area contributed by atoms with Gasteiger partial charge in [0.1, 0.15) is 12.7 Å². The predicted molar refractivity (Wildman–Crippen MR) is 123 cm³/mol. The third kappa shape index (κ3) is 8.51. The number of aliphatic hydroxyl groups excluding tert-OH is 1. The first kappa shape index (κ1) is 23.6. The van der Waals surface area contributed by atoms with Gasteiger partial charge in [-0.25, -0.2) is 4.98 Å². The summed E-state index contributed by atoms with van der Waals surface area (Å²) < 4.78 is 13.5. The van der Waals surface area contributed by atoms with E-state index in [0.717, 1.165) is 44.7 Å². The number of aliphatic hydroxyl groups is 1. The Balaban J connectivity index is 1.39. The largest absolute Gasteiger partial charge is 0.493 e. The van der Waals surface area contributed by atoms with Gasteiger partial charge in [-0.2, -0.15) is 0 Å². The Hall–Kier alpha value is -2.09. The minimum absolute atomic E-state index is 0.276. The third-order valence-corrected chi connectivity index (χ3v) is 5.74. The Labute approximate surface area is 186 Å². The molecule has 2 aromatic rings. The van der Waals surface area contributed by atoms with Crippen LogP contribution >= 0.6 is 0 Å². The van der Waals surface area contributed by atoms with Gasteiger partial charge in [0, 0.05) is 32.0 Å². The van der Waals surface area contributed by atoms with Crippen molar-refractivity contribution in [2.24, 2.45) is 0 Å². The second kappa shape index (κ2) is 13.3. The molecule has 1 aromatic heterocycles. The normalized spacial score (nSPS) is 16.5. The molecule has 0 saturated carbocycles. The minimum atomic E-state index is -0.499. The fourth-order valence-corrected chi connectivity index (χ4v) is 4.01. The van der Waals surface area contributed by atoms with Crippen LogP contribution in [0.25, 0.3) is 0 Å². The van der Waals surface area contributed by atoms with E-state index in [1.54, 1.807) is 13.3 Å². The van der Waals surface area contributed by atoms with Crippen molar-refractivity contribution < 1.29 is 14.6 Å². The zero-order valence-electron chi connectivity index (χ0n) is 18.8. The Kier molecular flexibility index (Phi) is 10.2. The quantitative estimate of drug-likeness (QED) is 0.504. The summed E-state index contributed by atoms with van der Waals surface area (Å²) in [5.74, 6) is 1.38. The molecule has 7 heteroatoms. The molecule has 1 fully saturated rings. The average Bonchev–Trinajstić information content (AvgIpc) is 3.27. The molecule has 172 valence electrons. The summed E-state index contributed by atoms with van der Waals surface area (Å²) >= 11 is 0. The number of imidazole rings is 1. The van der Waals surface area contributed by atoms with Crippen molar-refractivity contribution in [2.45, 2.75) is 57.7 Å². The molecule has 1 aliphatic rings. The molecule has 3 rings (SSSR count). The molecule has 0 unspecified atom stereocenters. The summed E-state index contributed by atoms with van der Waals surface area (Å²) in [6, 6.07) is 5.98. The number of rotatable bonds is 12. The number of likely N-dealkylation sites (tertiary alicyclic amines) is 1. The van der Waals surface area contributed by atoms with Crippen LogP contribution in [0.1, 0.15) is 44.1 Å². The average molecular weight is 431 g/mol. The summed E-state index contributed by atoms with van der Waals surface area (Å²) in [5.41, 5.74) is 1.15. The first-order valence-electron chi connectivity index (χ1n) is 11.6. The highest BCUT2D eigenvalue weighted by molar-refractivity contribution is 5.43. The fourth-order valence-electron chi connectivity index (χ4n) is 4.01. The molecular weight excluding hydrogens is 392 g/mol. The van der Waals surface area contributed by atoms with E-state index in [4.69, 9.17) is 9.47 Å². The van der Waals surface area contributed by atoms with Gasteiger partial charge < -0.3 is 29.4 Å². The first-order valence-corrected chi connectivity index (χ1v) is 11.6. The van der Waals surface area contributed by atoms with Crippen LogP contribution in [0.2, 0.25) is 0 Å². The van der Waals surface area contributed by atoms with Gasteiger partial charge in [-0.05, 0) is 56.6 Å². The Bertz CT molecular complexity index is 730. The van der Waals surface area contributed by atoms with Gasteiger partial charge in [0.15, 0.2) is 11.5 Å². The minimum Gasteiger partial charge on any atom is -0.493 e. The lowest BCUT2D eigenvalue weighted by Gasteiger charge is -2.26. The molecule has 7 nitrogen and oxygen atoms in total. The number of hydrogen-bond donors (Lipinski definition) is 2. The number of ether oxygens (including phenoxy) is 2. The summed E-state index contributed by atoms with van der Waals surface area (Å²) in [6.07, 6.45) is 12.6. The van der Waals surface area contributed by atoms with E-state index in [-0.39, 0.29) is 6.61 Å². The molecule has 1 aromatic carbocycles. The molecule has 1 aliphatic heterocycles. The van der Waals surface area contributed by atoms with Crippen molar-refractivity contribution in [1.82, 2.24) is 19.8 Å². The van der Waals surface area contributed by atoms with Crippen molar-refractivity contribution in [3.05, 3.63) is 42.5 Å². The Morgan fingerprint density at radius 2 is 1.94 bits per heavy atom. The molecule has 0 bridgehead atoms. The zero-order valence-corrected chi connectivity index (χ0v) is 18.8. The van der Waals surface area contributed by atoms with Crippen molar-refractivity contribution in [3.8, 4) is 11.5 Å². The van der Waals surface area contributed by atoms with Crippen LogP contribution in [-0.2, 0) is 13.1 Å². The monoisotopic (exact) mass is 430 g/mol. The standard InChI is InChI=1S/C24H38N4O3/c1-30-24-16-21(17-25-10-7-14-28-15-11-26-20-28)8-9-23(24)31-19-22(29)18-27-12-5-3-2-4-6-13-27/h8-9,11,15-16,20,22,25,29H,2-7,10,12-14,17-19H2,1H3/t22-/m1/s1. The lowest BCUT2D eigenvalue weighted by Crippen LogP contribution is -2.37. The molecule has 0 radical (unpaired) electrons. The highest BCUT2D eigenvalue weighted by Crippen LogP contribution is 2.28. The SMILES string of the molecule is COc1cc(CNCCCn2ccnc2)ccc1OC[C@H](O)CN1CCCCCCC1. The lowest BCUT2D eigenvalue weighted by molar-refractivity contribution is 0.0645. The Morgan fingerprint density at radius 1 is 1.13 bits per heavy atom. The maximum Gasteiger partial charge on any atom is 0.161 e. The van der Waals surface area contributed by atoms with Crippen LogP contribution < -0.4 is 14.8 Å². The van der Waals surface area contributed by atoms with E-state index in [0.29, 0.717) is 18.0 Å². The van der Waals surface area contributed by atoms with Gasteiger partial charge in [0.2, 0.25) is 0 Å². The lowest BCUT2D eigenvalue weighted by atomic mass is 10.1. The number of aryl methyl sites for hydroxylation is 1. The van der Waals surface area contributed by atoms with Crippen LogP contribution in [-0.4, -0.2) is 65.6 Å². The second-order valence-electron chi connectivity index (χ2n) is 8.35. The molecular formula is C24H38N4O3. The summed E-state index contributed by atoms with van der Waals surface area (Å²) in [7, 11) is 1.65. The Morgan fingerprint density at radius 3 is 2.68 bits per heavy atom. The van der Waals surface area contributed by atoms with Crippen LogP contribution in [0.4, 0.5) is 0 Å². The number of methoxy groups -OCH3 is 1. The smallest absolute Gasteiger partial charge is 0.161 e. The van der Waals surface area contributed by atoms with Crippen molar-refractivity contribution in [2.75, 3.05) is 39.9 Å². The van der Waals surface area contributed by atoms with Crippen LogP contribution in [0, 0.1) is 0 Å². The molecule has 31 heavy (non-hydrogen) atoms. The van der Waals surface area contributed by atoms with E-state index >= 15 is 0 Å². The van der Waals surface area contributed by atoms with Gasteiger partial charge in [-0.1, -0.05) is 25.3 Å². The molecule has 1 saturated heterocycles. The number of nitrogens with zero attached hydrogens (tertiary/aromatic N) is 3. The number of hydrogen-bond acceptors (Lipinski definition) is 6. The summed E-state index contributed by atoms with van der Waals surface area (Å²) in [5, 5.41) is 13.9. The topological polar surface area (TPSA) is 71.8 Å². The van der Waals surface area contributed by atoms with Gasteiger partial charge in [-0.3, -0.25) is 0 Å². The fraction of sp³-hybridized carbons (Fsp3) is 0.625. The van der Waals surface area contributed by atoms with Crippen LogP contribution in [0.3, 0.4) is 0 Å². The molecule has 0 aliphatic carbocycles. The first-order chi connectivity index (χ1) is 15.2. The molecule has 0 spiro atoms. The van der Waals surface area contributed by atoms with E-state index in [1.165, 1.54) is 32.1 Å². The predicted octanol–water partition coefficient (Wildman–Crippen LogP) is 3.08. The number of β-amino-alcohol motifs (C(OH)–C–C–N with tert-alkyl or cyclic N) is 1. The highest BCUT2D eigenvalue weighted by Gasteiger charge is 2.15. The van der Waals surface area contributed by atoms with E-state index < -0.39 is 6.10 Å². The number of benzene rings is 1. The maximum atomic E-state index is 10.5. The van der Waals surface area contributed by atoms with Crippen molar-refractivity contribution in [1.29, 1.82) is 0 Å². The highest BCUT2D eigenvalue weighted by atomic mass is 16.5. The van der Waals surface area contributed by atoms with E-state index in [2.05, 4.69) is 19.8 Å². The van der Waals surface area contributed by atoms with E-state index in [9.17, 15) is 5.11 Å². The summed E-state index contributed by atoms with van der Waals surface area (Å²) in [4.78, 5) is 6.42. The van der Waals surface area contributed by atoms with Crippen LogP contribution in [0.15, 0.2) is 36.9 Å². The number of nitrogens with one attached hydrogen (secondary N) is 1. The van der Waals surface area contributed by atoms with Gasteiger partial charge in [-0.15, -0.1) is 0 Å². The molecule has 2 heterocycles. The third-order valence-electron chi connectivity index (χ3n) is 5.74. The molecule has 1 atom stereocenters. The zero-order chi connectivity index (χ0) is 21.7. The van der Waals surface area contributed by atoms with Gasteiger partial charge in [0.05, 0.1) is 13.4 Å². The van der Waals surface area contributed by atoms with Crippen molar-refractivity contribution >= 4 is 0 Å².